The van der Waals surface area contributed by atoms with Gasteiger partial charge in [-0.15, -0.1) is 0 Å². The molecule has 0 bridgehead atoms. The Kier molecular flexibility index (Phi) is 3.97. The molecule has 0 unspecified atom stereocenters. The molecule has 2 aromatic rings. The minimum absolute atomic E-state index is 0.375. The van der Waals surface area contributed by atoms with E-state index in [4.69, 9.17) is 9.84 Å². The Morgan fingerprint density at radius 1 is 1.21 bits per heavy atom. The smallest absolute Gasteiger partial charge is 0.165 e. The molecule has 5 heteroatoms. The number of phenols is 1. The quantitative estimate of drug-likeness (QED) is 0.656. The minimum atomic E-state index is -0.673. The Morgan fingerprint density at radius 2 is 1.95 bits per heavy atom. The normalized spacial score (nSPS) is 10.6. The van der Waals surface area contributed by atoms with Gasteiger partial charge in [-0.05, 0) is 48.0 Å². The third-order valence-corrected chi connectivity index (χ3v) is 2.47. The van der Waals surface area contributed by atoms with Crippen LogP contribution in [0.5, 0.6) is 11.5 Å². The third-order valence-electron chi connectivity index (χ3n) is 2.47. The fraction of sp³-hybridized carbons (Fsp3) is 0.0714. The molecule has 0 spiro atoms. The van der Waals surface area contributed by atoms with Crippen molar-refractivity contribution in [3.8, 4) is 11.5 Å². The SMILES string of the molecule is COc1ccc(N/N=C\c2ccc(O)c(F)c2)cc1. The van der Waals surface area contributed by atoms with Crippen LogP contribution in [0.25, 0.3) is 0 Å². The van der Waals surface area contributed by atoms with Gasteiger partial charge in [0.15, 0.2) is 11.6 Å². The zero-order chi connectivity index (χ0) is 13.7. The molecular formula is C14H13FN2O2. The monoisotopic (exact) mass is 260 g/mol. The number of nitrogens with one attached hydrogen (secondary N) is 1. The summed E-state index contributed by atoms with van der Waals surface area (Å²) in [4.78, 5) is 0. The molecular weight excluding hydrogens is 247 g/mol. The Labute approximate surface area is 110 Å². The van der Waals surface area contributed by atoms with Gasteiger partial charge >= 0.3 is 0 Å². The topological polar surface area (TPSA) is 53.8 Å². The van der Waals surface area contributed by atoms with Gasteiger partial charge < -0.3 is 9.84 Å². The van der Waals surface area contributed by atoms with E-state index in [-0.39, 0.29) is 5.75 Å². The molecule has 0 aliphatic heterocycles. The van der Waals surface area contributed by atoms with E-state index < -0.39 is 5.82 Å². The van der Waals surface area contributed by atoms with Crippen LogP contribution in [-0.4, -0.2) is 18.4 Å². The van der Waals surface area contributed by atoms with E-state index in [0.29, 0.717) is 5.56 Å². The van der Waals surface area contributed by atoms with Crippen LogP contribution in [0, 0.1) is 5.82 Å². The van der Waals surface area contributed by atoms with Gasteiger partial charge in [-0.2, -0.15) is 5.10 Å². The molecule has 0 heterocycles. The molecule has 0 saturated heterocycles. The molecule has 0 aromatic heterocycles. The summed E-state index contributed by atoms with van der Waals surface area (Å²) in [5.41, 5.74) is 4.15. The number of aromatic hydroxyl groups is 1. The molecule has 4 nitrogen and oxygen atoms in total. The van der Waals surface area contributed by atoms with Gasteiger partial charge in [0.25, 0.3) is 0 Å². The van der Waals surface area contributed by atoms with Crippen LogP contribution in [-0.2, 0) is 0 Å². The van der Waals surface area contributed by atoms with Crippen molar-refractivity contribution in [2.24, 2.45) is 5.10 Å². The Morgan fingerprint density at radius 3 is 2.58 bits per heavy atom. The first-order chi connectivity index (χ1) is 9.19. The largest absolute Gasteiger partial charge is 0.505 e. The Bertz CT molecular complexity index is 582. The number of rotatable bonds is 4. The highest BCUT2D eigenvalue weighted by atomic mass is 19.1. The fourth-order valence-electron chi connectivity index (χ4n) is 1.45. The highest BCUT2D eigenvalue weighted by molar-refractivity contribution is 5.80. The summed E-state index contributed by atoms with van der Waals surface area (Å²) in [6.07, 6.45) is 1.47. The summed E-state index contributed by atoms with van der Waals surface area (Å²) < 4.78 is 18.1. The average molecular weight is 260 g/mol. The molecule has 2 N–H and O–H groups in total. The first-order valence-electron chi connectivity index (χ1n) is 5.60. The van der Waals surface area contributed by atoms with Crippen LogP contribution in [0.3, 0.4) is 0 Å². The number of phenolic OH excluding ortho intramolecular Hbond substituents is 1. The molecule has 0 radical (unpaired) electrons. The van der Waals surface area contributed by atoms with Crippen molar-refractivity contribution in [2.45, 2.75) is 0 Å². The second kappa shape index (κ2) is 5.86. The molecule has 19 heavy (non-hydrogen) atoms. The maximum absolute atomic E-state index is 13.1. The summed E-state index contributed by atoms with van der Waals surface area (Å²) >= 11 is 0. The van der Waals surface area contributed by atoms with Crippen molar-refractivity contribution in [1.82, 2.24) is 0 Å². The average Bonchev–Trinajstić information content (AvgIpc) is 2.43. The summed E-state index contributed by atoms with van der Waals surface area (Å²) in [5, 5.41) is 13.0. The highest BCUT2D eigenvalue weighted by Gasteiger charge is 1.99. The van der Waals surface area contributed by atoms with Gasteiger partial charge in [0.05, 0.1) is 19.0 Å². The van der Waals surface area contributed by atoms with E-state index in [1.165, 1.54) is 18.3 Å². The lowest BCUT2D eigenvalue weighted by molar-refractivity contribution is 0.415. The molecule has 0 amide bonds. The van der Waals surface area contributed by atoms with Gasteiger partial charge in [-0.3, -0.25) is 5.43 Å². The number of nitrogens with zero attached hydrogens (tertiary/aromatic N) is 1. The van der Waals surface area contributed by atoms with Gasteiger partial charge in [0.2, 0.25) is 0 Å². The van der Waals surface area contributed by atoms with Crippen LogP contribution in [0.4, 0.5) is 10.1 Å². The number of methoxy groups -OCH3 is 1. The highest BCUT2D eigenvalue weighted by Crippen LogP contribution is 2.16. The molecule has 0 aliphatic rings. The number of ether oxygens (including phenoxy) is 1. The second-order valence-corrected chi connectivity index (χ2v) is 3.81. The minimum Gasteiger partial charge on any atom is -0.505 e. The van der Waals surface area contributed by atoms with E-state index in [1.807, 2.05) is 12.1 Å². The number of benzene rings is 2. The van der Waals surface area contributed by atoms with Crippen molar-refractivity contribution in [1.29, 1.82) is 0 Å². The van der Waals surface area contributed by atoms with Crippen LogP contribution < -0.4 is 10.2 Å². The van der Waals surface area contributed by atoms with Crippen LogP contribution >= 0.6 is 0 Å². The molecule has 0 atom stereocenters. The predicted octanol–water partition coefficient (Wildman–Crippen LogP) is 2.99. The third kappa shape index (κ3) is 3.45. The van der Waals surface area contributed by atoms with Gasteiger partial charge in [0, 0.05) is 0 Å². The van der Waals surface area contributed by atoms with Crippen molar-refractivity contribution >= 4 is 11.9 Å². The van der Waals surface area contributed by atoms with Crippen LogP contribution in [0.2, 0.25) is 0 Å². The maximum atomic E-state index is 13.1. The van der Waals surface area contributed by atoms with Crippen LogP contribution in [0.15, 0.2) is 47.6 Å². The van der Waals surface area contributed by atoms with Crippen molar-refractivity contribution < 1.29 is 14.2 Å². The lowest BCUT2D eigenvalue weighted by Gasteiger charge is -2.02. The molecule has 2 rings (SSSR count). The van der Waals surface area contributed by atoms with Crippen LogP contribution in [0.1, 0.15) is 5.56 Å². The molecule has 0 saturated carbocycles. The van der Waals surface area contributed by atoms with Crippen molar-refractivity contribution in [3.63, 3.8) is 0 Å². The molecule has 2 aromatic carbocycles. The Hall–Kier alpha value is -2.56. The van der Waals surface area contributed by atoms with E-state index in [0.717, 1.165) is 11.4 Å². The summed E-state index contributed by atoms with van der Waals surface area (Å²) in [6.45, 7) is 0. The summed E-state index contributed by atoms with van der Waals surface area (Å²) in [7, 11) is 1.60. The number of hydrogen-bond acceptors (Lipinski definition) is 4. The lowest BCUT2D eigenvalue weighted by atomic mass is 10.2. The molecule has 0 aliphatic carbocycles. The number of halogens is 1. The first kappa shape index (κ1) is 12.9. The predicted molar refractivity (Wildman–Crippen MR) is 72.3 cm³/mol. The fourth-order valence-corrected chi connectivity index (χ4v) is 1.45. The van der Waals surface area contributed by atoms with E-state index in [9.17, 15) is 4.39 Å². The standard InChI is InChI=1S/C14H13FN2O2/c1-19-12-5-3-11(4-6-12)17-16-9-10-2-7-14(18)13(15)8-10/h2-9,17-18H,1H3/b16-9-. The lowest BCUT2D eigenvalue weighted by Crippen LogP contribution is -1.91. The number of hydrazone groups is 1. The maximum Gasteiger partial charge on any atom is 0.165 e. The van der Waals surface area contributed by atoms with Crippen molar-refractivity contribution in [2.75, 3.05) is 12.5 Å². The first-order valence-corrected chi connectivity index (χ1v) is 5.60. The van der Waals surface area contributed by atoms with E-state index >= 15 is 0 Å². The zero-order valence-corrected chi connectivity index (χ0v) is 10.3. The number of hydrogen-bond donors (Lipinski definition) is 2. The summed E-state index contributed by atoms with van der Waals surface area (Å²) in [5.74, 6) is -0.288. The Balaban J connectivity index is 2.00. The van der Waals surface area contributed by atoms with Crippen molar-refractivity contribution in [3.05, 3.63) is 53.8 Å². The number of anilines is 1. The second-order valence-electron chi connectivity index (χ2n) is 3.81. The van der Waals surface area contributed by atoms with E-state index in [1.54, 1.807) is 25.3 Å². The van der Waals surface area contributed by atoms with Gasteiger partial charge in [-0.25, -0.2) is 4.39 Å². The summed E-state index contributed by atoms with van der Waals surface area (Å²) in [6, 6.07) is 11.3. The van der Waals surface area contributed by atoms with Gasteiger partial charge in [-0.1, -0.05) is 0 Å². The zero-order valence-electron chi connectivity index (χ0n) is 10.3. The van der Waals surface area contributed by atoms with E-state index in [2.05, 4.69) is 10.5 Å². The molecule has 0 fully saturated rings. The van der Waals surface area contributed by atoms with Gasteiger partial charge in [0.1, 0.15) is 5.75 Å². The molecule has 98 valence electrons.